The van der Waals surface area contributed by atoms with Gasteiger partial charge < -0.3 is 10.1 Å². The lowest BCUT2D eigenvalue weighted by Crippen LogP contribution is -2.21. The molecule has 0 saturated carbocycles. The van der Waals surface area contributed by atoms with Crippen molar-refractivity contribution in [2.24, 2.45) is 7.05 Å². The van der Waals surface area contributed by atoms with Crippen molar-refractivity contribution in [1.29, 1.82) is 0 Å². The first kappa shape index (κ1) is 12.6. The van der Waals surface area contributed by atoms with Gasteiger partial charge in [0, 0.05) is 25.5 Å². The number of methoxy groups -OCH3 is 1. The van der Waals surface area contributed by atoms with E-state index in [2.05, 4.69) is 15.4 Å². The summed E-state index contributed by atoms with van der Waals surface area (Å²) < 4.78 is 6.94. The zero-order valence-electron chi connectivity index (χ0n) is 10.9. The Hall–Kier alpha value is -1.88. The average molecular weight is 246 g/mol. The molecule has 0 fully saturated rings. The van der Waals surface area contributed by atoms with E-state index in [0.717, 1.165) is 17.7 Å². The van der Waals surface area contributed by atoms with E-state index in [1.807, 2.05) is 49.4 Å². The highest BCUT2D eigenvalue weighted by Gasteiger charge is 2.13. The van der Waals surface area contributed by atoms with E-state index in [0.29, 0.717) is 5.88 Å². The fourth-order valence-electron chi connectivity index (χ4n) is 1.97. The summed E-state index contributed by atoms with van der Waals surface area (Å²) in [6.07, 6.45) is 4.53. The average Bonchev–Trinajstić information content (AvgIpc) is 2.83. The zero-order valence-corrected chi connectivity index (χ0v) is 10.9. The second-order valence-electron chi connectivity index (χ2n) is 4.13. The Balaban J connectivity index is 2.13. The first-order valence-corrected chi connectivity index (χ1v) is 5.88. The van der Waals surface area contributed by atoms with Gasteiger partial charge in [-0.05, 0) is 25.1 Å². The standard InChI is InChI=1S/C13H18N4O/c1-14-11(12-6-7-16-17(12)2)8-10-4-5-13(18-3)15-9-10/h4-7,9,11,14H,8H2,1-3H3. The summed E-state index contributed by atoms with van der Waals surface area (Å²) in [4.78, 5) is 4.22. The second-order valence-corrected chi connectivity index (χ2v) is 4.13. The number of hydrogen-bond donors (Lipinski definition) is 1. The molecule has 0 bridgehead atoms. The molecule has 5 heteroatoms. The van der Waals surface area contributed by atoms with Gasteiger partial charge in [-0.1, -0.05) is 6.07 Å². The summed E-state index contributed by atoms with van der Waals surface area (Å²) in [5.74, 6) is 0.639. The van der Waals surface area contributed by atoms with E-state index in [1.165, 1.54) is 0 Å². The predicted molar refractivity (Wildman–Crippen MR) is 69.5 cm³/mol. The van der Waals surface area contributed by atoms with Crippen molar-refractivity contribution < 1.29 is 4.74 Å². The van der Waals surface area contributed by atoms with Gasteiger partial charge >= 0.3 is 0 Å². The summed E-state index contributed by atoms with van der Waals surface area (Å²) >= 11 is 0. The summed E-state index contributed by atoms with van der Waals surface area (Å²) in [5.41, 5.74) is 2.32. The maximum absolute atomic E-state index is 5.05. The maximum Gasteiger partial charge on any atom is 0.212 e. The molecule has 0 spiro atoms. The van der Waals surface area contributed by atoms with Crippen molar-refractivity contribution in [1.82, 2.24) is 20.1 Å². The molecule has 1 atom stereocenters. The highest BCUT2D eigenvalue weighted by molar-refractivity contribution is 5.20. The van der Waals surface area contributed by atoms with Crippen molar-refractivity contribution in [3.8, 4) is 5.88 Å². The largest absolute Gasteiger partial charge is 0.481 e. The highest BCUT2D eigenvalue weighted by Crippen LogP contribution is 2.17. The van der Waals surface area contributed by atoms with E-state index in [-0.39, 0.29) is 6.04 Å². The van der Waals surface area contributed by atoms with Gasteiger partial charge in [0.25, 0.3) is 0 Å². The van der Waals surface area contributed by atoms with Crippen LogP contribution in [0.2, 0.25) is 0 Å². The van der Waals surface area contributed by atoms with Crippen molar-refractivity contribution in [2.75, 3.05) is 14.2 Å². The van der Waals surface area contributed by atoms with Crippen LogP contribution in [0.15, 0.2) is 30.6 Å². The minimum atomic E-state index is 0.229. The van der Waals surface area contributed by atoms with Crippen molar-refractivity contribution in [2.45, 2.75) is 12.5 Å². The van der Waals surface area contributed by atoms with Gasteiger partial charge in [0.05, 0.1) is 18.8 Å². The minimum Gasteiger partial charge on any atom is -0.481 e. The number of aryl methyl sites for hydroxylation is 1. The molecule has 18 heavy (non-hydrogen) atoms. The molecule has 0 radical (unpaired) electrons. The van der Waals surface area contributed by atoms with E-state index in [1.54, 1.807) is 7.11 Å². The van der Waals surface area contributed by atoms with Crippen LogP contribution in [0.3, 0.4) is 0 Å². The highest BCUT2D eigenvalue weighted by atomic mass is 16.5. The number of rotatable bonds is 5. The zero-order chi connectivity index (χ0) is 13.0. The molecular formula is C13H18N4O. The lowest BCUT2D eigenvalue weighted by Gasteiger charge is -2.16. The van der Waals surface area contributed by atoms with E-state index >= 15 is 0 Å². The fraction of sp³-hybridized carbons (Fsp3) is 0.385. The number of nitrogens with one attached hydrogen (secondary N) is 1. The summed E-state index contributed by atoms with van der Waals surface area (Å²) in [6.45, 7) is 0. The Morgan fingerprint density at radius 2 is 2.22 bits per heavy atom. The molecule has 2 aromatic heterocycles. The van der Waals surface area contributed by atoms with Crippen LogP contribution in [0, 0.1) is 0 Å². The number of pyridine rings is 1. The Morgan fingerprint density at radius 3 is 2.72 bits per heavy atom. The molecule has 0 amide bonds. The van der Waals surface area contributed by atoms with Gasteiger partial charge in [0.2, 0.25) is 5.88 Å². The van der Waals surface area contributed by atoms with Crippen LogP contribution in [0.5, 0.6) is 5.88 Å². The van der Waals surface area contributed by atoms with E-state index in [4.69, 9.17) is 4.74 Å². The van der Waals surface area contributed by atoms with Gasteiger partial charge in [0.1, 0.15) is 0 Å². The monoisotopic (exact) mass is 246 g/mol. The predicted octanol–water partition coefficient (Wildman–Crippen LogP) is 1.33. The molecule has 0 aromatic carbocycles. The summed E-state index contributed by atoms with van der Waals surface area (Å²) in [6, 6.07) is 6.17. The minimum absolute atomic E-state index is 0.229. The van der Waals surface area contributed by atoms with Crippen LogP contribution < -0.4 is 10.1 Å². The first-order valence-electron chi connectivity index (χ1n) is 5.88. The first-order chi connectivity index (χ1) is 8.74. The quantitative estimate of drug-likeness (QED) is 0.864. The molecule has 2 aromatic rings. The maximum atomic E-state index is 5.05. The van der Waals surface area contributed by atoms with Crippen LogP contribution in [0.1, 0.15) is 17.3 Å². The molecule has 96 valence electrons. The van der Waals surface area contributed by atoms with Crippen molar-refractivity contribution in [3.63, 3.8) is 0 Å². The number of nitrogens with zero attached hydrogens (tertiary/aromatic N) is 3. The van der Waals surface area contributed by atoms with Gasteiger partial charge in [-0.15, -0.1) is 0 Å². The SMILES string of the molecule is CNC(Cc1ccc(OC)nc1)c1ccnn1C. The Kier molecular flexibility index (Phi) is 3.94. The van der Waals surface area contributed by atoms with Crippen LogP contribution in [0.25, 0.3) is 0 Å². The molecule has 1 unspecified atom stereocenters. The topological polar surface area (TPSA) is 52.0 Å². The van der Waals surface area contributed by atoms with Crippen LogP contribution in [0.4, 0.5) is 0 Å². The van der Waals surface area contributed by atoms with E-state index in [9.17, 15) is 0 Å². The third-order valence-electron chi connectivity index (χ3n) is 3.01. The number of likely N-dealkylation sites (N-methyl/N-ethyl adjacent to an activating group) is 1. The third kappa shape index (κ3) is 2.68. The number of hydrogen-bond acceptors (Lipinski definition) is 4. The molecule has 5 nitrogen and oxygen atoms in total. The molecule has 1 N–H and O–H groups in total. The van der Waals surface area contributed by atoms with E-state index < -0.39 is 0 Å². The summed E-state index contributed by atoms with van der Waals surface area (Å²) in [7, 11) is 5.52. The van der Waals surface area contributed by atoms with Crippen LogP contribution in [-0.4, -0.2) is 28.9 Å². The molecular weight excluding hydrogens is 228 g/mol. The Morgan fingerprint density at radius 1 is 1.39 bits per heavy atom. The molecule has 2 rings (SSSR count). The van der Waals surface area contributed by atoms with Crippen molar-refractivity contribution >= 4 is 0 Å². The molecule has 0 aliphatic heterocycles. The second kappa shape index (κ2) is 5.64. The van der Waals surface area contributed by atoms with Gasteiger partial charge in [-0.25, -0.2) is 4.98 Å². The molecule has 2 heterocycles. The molecule has 0 saturated heterocycles. The van der Waals surface area contributed by atoms with Gasteiger partial charge in [-0.2, -0.15) is 5.10 Å². The lowest BCUT2D eigenvalue weighted by molar-refractivity contribution is 0.397. The Labute approximate surface area is 107 Å². The normalized spacial score (nSPS) is 12.4. The van der Waals surface area contributed by atoms with Crippen LogP contribution in [-0.2, 0) is 13.5 Å². The summed E-state index contributed by atoms with van der Waals surface area (Å²) in [5, 5.41) is 7.50. The molecule has 0 aliphatic rings. The van der Waals surface area contributed by atoms with Crippen molar-refractivity contribution in [3.05, 3.63) is 41.9 Å². The fourth-order valence-corrected chi connectivity index (χ4v) is 1.97. The number of ether oxygens (including phenoxy) is 1. The third-order valence-corrected chi connectivity index (χ3v) is 3.01. The Bertz CT molecular complexity index is 492. The smallest absolute Gasteiger partial charge is 0.212 e. The lowest BCUT2D eigenvalue weighted by atomic mass is 10.1. The number of aromatic nitrogens is 3. The van der Waals surface area contributed by atoms with Crippen LogP contribution >= 0.6 is 0 Å². The van der Waals surface area contributed by atoms with Gasteiger partial charge in [0.15, 0.2) is 0 Å². The molecule has 0 aliphatic carbocycles. The van der Waals surface area contributed by atoms with Gasteiger partial charge in [-0.3, -0.25) is 4.68 Å².